The summed E-state index contributed by atoms with van der Waals surface area (Å²) in [4.78, 5) is 17.8. The molecular formula is C13H21N3O. The molecule has 0 unspecified atom stereocenters. The molecule has 0 fully saturated rings. The zero-order valence-corrected chi connectivity index (χ0v) is 11.2. The predicted molar refractivity (Wildman–Crippen MR) is 71.3 cm³/mol. The fraction of sp³-hybridized carbons (Fsp3) is 0.538. The third kappa shape index (κ3) is 4.06. The van der Waals surface area contributed by atoms with E-state index >= 15 is 0 Å². The highest BCUT2D eigenvalue weighted by Crippen LogP contribution is 2.22. The number of rotatable bonds is 3. The van der Waals surface area contributed by atoms with Gasteiger partial charge in [-0.1, -0.05) is 20.8 Å². The molecule has 0 saturated heterocycles. The highest BCUT2D eigenvalue weighted by atomic mass is 16.2. The van der Waals surface area contributed by atoms with E-state index in [0.29, 0.717) is 6.42 Å². The fourth-order valence-corrected chi connectivity index (χ4v) is 1.45. The van der Waals surface area contributed by atoms with Crippen LogP contribution in [0.4, 0.5) is 11.5 Å². The van der Waals surface area contributed by atoms with Gasteiger partial charge < -0.3 is 10.2 Å². The van der Waals surface area contributed by atoms with Crippen molar-refractivity contribution in [2.45, 2.75) is 27.2 Å². The van der Waals surface area contributed by atoms with Gasteiger partial charge in [0.2, 0.25) is 5.91 Å². The summed E-state index contributed by atoms with van der Waals surface area (Å²) in [6.45, 7) is 6.17. The molecule has 1 aromatic rings. The lowest BCUT2D eigenvalue weighted by Crippen LogP contribution is -2.29. The van der Waals surface area contributed by atoms with E-state index in [1.165, 1.54) is 0 Å². The summed E-state index contributed by atoms with van der Waals surface area (Å²) in [5, 5.41) is 2.95. The molecule has 0 aliphatic carbocycles. The Morgan fingerprint density at radius 2 is 2.06 bits per heavy atom. The summed E-state index contributed by atoms with van der Waals surface area (Å²) in [5.41, 5.74) is 0.821. The third-order valence-electron chi connectivity index (χ3n) is 2.45. The van der Waals surface area contributed by atoms with Gasteiger partial charge in [-0.05, 0) is 17.5 Å². The van der Waals surface area contributed by atoms with E-state index in [9.17, 15) is 4.79 Å². The molecule has 4 heteroatoms. The Labute approximate surface area is 103 Å². The van der Waals surface area contributed by atoms with Crippen molar-refractivity contribution in [1.82, 2.24) is 4.98 Å². The molecule has 0 radical (unpaired) electrons. The summed E-state index contributed by atoms with van der Waals surface area (Å²) in [7, 11) is 3.60. The summed E-state index contributed by atoms with van der Waals surface area (Å²) in [6, 6.07) is 3.75. The van der Waals surface area contributed by atoms with Crippen molar-refractivity contribution in [3.63, 3.8) is 0 Å². The van der Waals surface area contributed by atoms with Crippen LogP contribution >= 0.6 is 0 Å². The van der Waals surface area contributed by atoms with Crippen molar-refractivity contribution in [3.8, 4) is 0 Å². The molecule has 1 N–H and O–H groups in total. The van der Waals surface area contributed by atoms with Crippen LogP contribution < -0.4 is 10.2 Å². The molecule has 1 amide bonds. The number of amides is 1. The molecule has 0 spiro atoms. The molecule has 4 nitrogen and oxygen atoms in total. The van der Waals surface area contributed by atoms with Crippen molar-refractivity contribution in [3.05, 3.63) is 18.3 Å². The number of carbonyl (C=O) groups is 1. The number of nitrogens with zero attached hydrogens (tertiary/aromatic N) is 2. The van der Waals surface area contributed by atoms with Crippen LogP contribution in [-0.4, -0.2) is 25.0 Å². The van der Waals surface area contributed by atoms with Gasteiger partial charge in [0.25, 0.3) is 0 Å². The number of pyridine rings is 1. The van der Waals surface area contributed by atoms with E-state index in [4.69, 9.17) is 0 Å². The van der Waals surface area contributed by atoms with Crippen LogP contribution in [0.1, 0.15) is 27.2 Å². The average molecular weight is 235 g/mol. The topological polar surface area (TPSA) is 45.2 Å². The minimum atomic E-state index is 0.00366. The average Bonchev–Trinajstić information content (AvgIpc) is 2.26. The molecule has 17 heavy (non-hydrogen) atoms. The Bertz CT molecular complexity index is 379. The number of carbonyl (C=O) groups excluding carboxylic acids is 1. The van der Waals surface area contributed by atoms with E-state index in [1.807, 2.05) is 19.2 Å². The highest BCUT2D eigenvalue weighted by molar-refractivity contribution is 5.93. The molecule has 1 rings (SSSR count). The van der Waals surface area contributed by atoms with Gasteiger partial charge in [0.15, 0.2) is 0 Å². The van der Waals surface area contributed by atoms with Crippen LogP contribution in [0.15, 0.2) is 18.3 Å². The Morgan fingerprint density at radius 3 is 2.47 bits per heavy atom. The first-order valence-electron chi connectivity index (χ1n) is 5.74. The quantitative estimate of drug-likeness (QED) is 0.875. The molecule has 1 aromatic heterocycles. The molecule has 94 valence electrons. The minimum Gasteiger partial charge on any atom is -0.373 e. The summed E-state index contributed by atoms with van der Waals surface area (Å²) in [5.74, 6) is 0.905. The highest BCUT2D eigenvalue weighted by Gasteiger charge is 2.19. The Balaban J connectivity index is 2.74. The molecular weight excluding hydrogens is 214 g/mol. The third-order valence-corrected chi connectivity index (χ3v) is 2.45. The van der Waals surface area contributed by atoms with Crippen LogP contribution in [0.5, 0.6) is 0 Å². The molecule has 0 aliphatic rings. The monoisotopic (exact) mass is 235 g/mol. The van der Waals surface area contributed by atoms with Crippen LogP contribution in [0.25, 0.3) is 0 Å². The van der Waals surface area contributed by atoms with E-state index in [1.54, 1.807) is 18.1 Å². The van der Waals surface area contributed by atoms with E-state index in [0.717, 1.165) is 11.5 Å². The maximum atomic E-state index is 12.0. The SMILES string of the molecule is CNc1ccc(N(C)C(=O)CC(C)(C)C)cn1. The second kappa shape index (κ2) is 5.17. The largest absolute Gasteiger partial charge is 0.373 e. The predicted octanol–water partition coefficient (Wildman–Crippen LogP) is 2.52. The Hall–Kier alpha value is -1.58. The van der Waals surface area contributed by atoms with E-state index in [-0.39, 0.29) is 11.3 Å². The summed E-state index contributed by atoms with van der Waals surface area (Å²) < 4.78 is 0. The van der Waals surface area contributed by atoms with Gasteiger partial charge >= 0.3 is 0 Å². The van der Waals surface area contributed by atoms with Crippen molar-refractivity contribution >= 4 is 17.4 Å². The second-order valence-electron chi connectivity index (χ2n) is 5.34. The lowest BCUT2D eigenvalue weighted by Gasteiger charge is -2.23. The second-order valence-corrected chi connectivity index (χ2v) is 5.34. The van der Waals surface area contributed by atoms with Crippen LogP contribution in [0.2, 0.25) is 0 Å². The van der Waals surface area contributed by atoms with Crippen molar-refractivity contribution in [1.29, 1.82) is 0 Å². The van der Waals surface area contributed by atoms with Crippen LogP contribution in [0, 0.1) is 5.41 Å². The first-order chi connectivity index (χ1) is 7.83. The van der Waals surface area contributed by atoms with Gasteiger partial charge in [0.05, 0.1) is 11.9 Å². The zero-order valence-electron chi connectivity index (χ0n) is 11.2. The Kier molecular flexibility index (Phi) is 4.10. The van der Waals surface area contributed by atoms with Crippen LogP contribution in [-0.2, 0) is 4.79 Å². The van der Waals surface area contributed by atoms with Gasteiger partial charge in [-0.3, -0.25) is 4.79 Å². The maximum absolute atomic E-state index is 12.0. The van der Waals surface area contributed by atoms with Crippen LogP contribution in [0.3, 0.4) is 0 Å². The zero-order chi connectivity index (χ0) is 13.1. The molecule has 0 aromatic carbocycles. The molecule has 0 atom stereocenters. The fourth-order valence-electron chi connectivity index (χ4n) is 1.45. The Morgan fingerprint density at radius 1 is 1.41 bits per heavy atom. The van der Waals surface area contributed by atoms with Crippen molar-refractivity contribution in [2.24, 2.45) is 5.41 Å². The molecule has 0 bridgehead atoms. The number of aromatic nitrogens is 1. The van der Waals surface area contributed by atoms with Crippen molar-refractivity contribution < 1.29 is 4.79 Å². The number of hydrogen-bond acceptors (Lipinski definition) is 3. The van der Waals surface area contributed by atoms with Gasteiger partial charge in [-0.2, -0.15) is 0 Å². The molecule has 1 heterocycles. The molecule has 0 saturated carbocycles. The van der Waals surface area contributed by atoms with Gasteiger partial charge in [-0.15, -0.1) is 0 Å². The summed E-state index contributed by atoms with van der Waals surface area (Å²) in [6.07, 6.45) is 2.23. The first kappa shape index (κ1) is 13.5. The normalized spacial score (nSPS) is 11.1. The number of anilines is 2. The minimum absolute atomic E-state index is 0.00366. The number of nitrogens with one attached hydrogen (secondary N) is 1. The standard InChI is InChI=1S/C13H21N3O/c1-13(2,3)8-12(17)16(5)10-6-7-11(14-4)15-9-10/h6-7,9H,8H2,1-5H3,(H,14,15). The van der Waals surface area contributed by atoms with Gasteiger partial charge in [0, 0.05) is 20.5 Å². The lowest BCUT2D eigenvalue weighted by atomic mass is 9.91. The van der Waals surface area contributed by atoms with E-state index in [2.05, 4.69) is 31.1 Å². The van der Waals surface area contributed by atoms with E-state index < -0.39 is 0 Å². The lowest BCUT2D eigenvalue weighted by molar-refractivity contribution is -0.120. The van der Waals surface area contributed by atoms with Gasteiger partial charge in [0.1, 0.15) is 5.82 Å². The van der Waals surface area contributed by atoms with Gasteiger partial charge in [-0.25, -0.2) is 4.98 Å². The maximum Gasteiger partial charge on any atom is 0.227 e. The smallest absolute Gasteiger partial charge is 0.227 e. The molecule has 0 aliphatic heterocycles. The van der Waals surface area contributed by atoms with Crippen molar-refractivity contribution in [2.75, 3.05) is 24.3 Å². The number of hydrogen-bond donors (Lipinski definition) is 1. The first-order valence-corrected chi connectivity index (χ1v) is 5.74. The summed E-state index contributed by atoms with van der Waals surface area (Å²) >= 11 is 0.